The first-order valence-corrected chi connectivity index (χ1v) is 6.93. The SMILES string of the molecule is Cc1ccc(C)c(SCC(=O)NOC(C)(C)C)c1. The first kappa shape index (κ1) is 15.1. The minimum Gasteiger partial charge on any atom is -0.272 e. The standard InChI is InChI=1S/C14H21NO2S/c1-10-6-7-11(2)12(8-10)18-9-13(16)15-17-14(3,4)5/h6-8H,9H2,1-5H3,(H,15,16). The zero-order valence-electron chi connectivity index (χ0n) is 11.7. The van der Waals surface area contributed by atoms with E-state index in [0.717, 1.165) is 4.90 Å². The number of carbonyl (C=O) groups excluding carboxylic acids is 1. The molecule has 0 unspecified atom stereocenters. The summed E-state index contributed by atoms with van der Waals surface area (Å²) in [7, 11) is 0. The number of hydrogen-bond acceptors (Lipinski definition) is 3. The molecule has 0 fully saturated rings. The Balaban J connectivity index is 2.45. The van der Waals surface area contributed by atoms with Gasteiger partial charge in [0.15, 0.2) is 0 Å². The topological polar surface area (TPSA) is 38.3 Å². The van der Waals surface area contributed by atoms with E-state index in [-0.39, 0.29) is 11.5 Å². The Morgan fingerprint density at radius 3 is 2.61 bits per heavy atom. The summed E-state index contributed by atoms with van der Waals surface area (Å²) in [6.45, 7) is 9.78. The highest BCUT2D eigenvalue weighted by molar-refractivity contribution is 8.00. The van der Waals surface area contributed by atoms with Crippen LogP contribution in [0.25, 0.3) is 0 Å². The van der Waals surface area contributed by atoms with Crippen molar-refractivity contribution in [1.82, 2.24) is 5.48 Å². The monoisotopic (exact) mass is 267 g/mol. The minimum absolute atomic E-state index is 0.115. The van der Waals surface area contributed by atoms with E-state index in [1.54, 1.807) is 0 Å². The number of carbonyl (C=O) groups is 1. The number of hydroxylamine groups is 1. The lowest BCUT2D eigenvalue weighted by molar-refractivity contribution is -0.142. The second-order valence-electron chi connectivity index (χ2n) is 5.30. The number of benzene rings is 1. The van der Waals surface area contributed by atoms with Crippen molar-refractivity contribution in [3.8, 4) is 0 Å². The number of nitrogens with one attached hydrogen (secondary N) is 1. The van der Waals surface area contributed by atoms with Crippen molar-refractivity contribution in [1.29, 1.82) is 0 Å². The zero-order valence-corrected chi connectivity index (χ0v) is 12.5. The van der Waals surface area contributed by atoms with Crippen LogP contribution in [0.5, 0.6) is 0 Å². The lowest BCUT2D eigenvalue weighted by Gasteiger charge is -2.18. The van der Waals surface area contributed by atoms with Gasteiger partial charge in [0.05, 0.1) is 11.4 Å². The molecule has 0 spiro atoms. The highest BCUT2D eigenvalue weighted by Crippen LogP contribution is 2.23. The van der Waals surface area contributed by atoms with Crippen LogP contribution >= 0.6 is 11.8 Å². The van der Waals surface area contributed by atoms with E-state index in [0.29, 0.717) is 5.75 Å². The van der Waals surface area contributed by atoms with Crippen LogP contribution in [0.4, 0.5) is 0 Å². The maximum Gasteiger partial charge on any atom is 0.253 e. The maximum atomic E-state index is 11.6. The fourth-order valence-corrected chi connectivity index (χ4v) is 2.16. The second kappa shape index (κ2) is 6.25. The summed E-state index contributed by atoms with van der Waals surface area (Å²) in [6, 6.07) is 6.24. The van der Waals surface area contributed by atoms with Crippen LogP contribution in [0.15, 0.2) is 23.1 Å². The normalized spacial score (nSPS) is 11.4. The number of aryl methyl sites for hydroxylation is 2. The van der Waals surface area contributed by atoms with Crippen molar-refractivity contribution in [2.45, 2.75) is 45.1 Å². The molecular weight excluding hydrogens is 246 g/mol. The first-order chi connectivity index (χ1) is 8.28. The molecule has 18 heavy (non-hydrogen) atoms. The highest BCUT2D eigenvalue weighted by atomic mass is 32.2. The summed E-state index contributed by atoms with van der Waals surface area (Å²) in [5.74, 6) is 0.247. The smallest absolute Gasteiger partial charge is 0.253 e. The van der Waals surface area contributed by atoms with Gasteiger partial charge in [-0.3, -0.25) is 9.63 Å². The summed E-state index contributed by atoms with van der Waals surface area (Å²) in [5, 5.41) is 0. The Labute approximate surface area is 113 Å². The van der Waals surface area contributed by atoms with E-state index in [9.17, 15) is 4.79 Å². The van der Waals surface area contributed by atoms with E-state index in [2.05, 4.69) is 23.7 Å². The van der Waals surface area contributed by atoms with Crippen molar-refractivity contribution < 1.29 is 9.63 Å². The first-order valence-electron chi connectivity index (χ1n) is 5.95. The molecule has 0 heterocycles. The summed E-state index contributed by atoms with van der Waals surface area (Å²) in [5.41, 5.74) is 4.50. The van der Waals surface area contributed by atoms with Gasteiger partial charge in [-0.1, -0.05) is 17.7 Å². The quantitative estimate of drug-likeness (QED) is 0.672. The Bertz CT molecular complexity index is 424. The van der Waals surface area contributed by atoms with Gasteiger partial charge in [0.1, 0.15) is 0 Å². The van der Waals surface area contributed by atoms with Gasteiger partial charge in [-0.05, 0) is 46.2 Å². The van der Waals surface area contributed by atoms with Crippen LogP contribution in [0, 0.1) is 13.8 Å². The molecule has 4 heteroatoms. The van der Waals surface area contributed by atoms with Crippen molar-refractivity contribution >= 4 is 17.7 Å². The Morgan fingerprint density at radius 2 is 2.00 bits per heavy atom. The molecule has 0 atom stereocenters. The number of rotatable bonds is 4. The Morgan fingerprint density at radius 1 is 1.33 bits per heavy atom. The molecule has 1 rings (SSSR count). The zero-order chi connectivity index (χ0) is 13.8. The van der Waals surface area contributed by atoms with Gasteiger partial charge in [0, 0.05) is 4.90 Å². The predicted molar refractivity (Wildman–Crippen MR) is 75.6 cm³/mol. The van der Waals surface area contributed by atoms with E-state index >= 15 is 0 Å². The molecule has 1 aromatic carbocycles. The number of amides is 1. The molecule has 100 valence electrons. The van der Waals surface area contributed by atoms with Gasteiger partial charge in [-0.2, -0.15) is 0 Å². The highest BCUT2D eigenvalue weighted by Gasteiger charge is 2.13. The largest absolute Gasteiger partial charge is 0.272 e. The average Bonchev–Trinajstić information content (AvgIpc) is 2.26. The summed E-state index contributed by atoms with van der Waals surface area (Å²) >= 11 is 1.53. The molecule has 0 radical (unpaired) electrons. The molecule has 1 N–H and O–H groups in total. The average molecular weight is 267 g/mol. The molecular formula is C14H21NO2S. The fraction of sp³-hybridized carbons (Fsp3) is 0.500. The van der Waals surface area contributed by atoms with Gasteiger partial charge < -0.3 is 0 Å². The molecule has 0 saturated carbocycles. The lowest BCUT2D eigenvalue weighted by Crippen LogP contribution is -2.34. The number of hydrogen-bond donors (Lipinski definition) is 1. The van der Waals surface area contributed by atoms with Crippen molar-refractivity contribution in [3.63, 3.8) is 0 Å². The summed E-state index contributed by atoms with van der Waals surface area (Å²) in [6.07, 6.45) is 0. The van der Waals surface area contributed by atoms with Crippen LogP contribution in [0.1, 0.15) is 31.9 Å². The minimum atomic E-state index is -0.362. The van der Waals surface area contributed by atoms with Gasteiger partial charge >= 0.3 is 0 Å². The molecule has 1 aromatic rings. The van der Waals surface area contributed by atoms with Gasteiger partial charge in [0.25, 0.3) is 5.91 Å². The molecule has 3 nitrogen and oxygen atoms in total. The van der Waals surface area contributed by atoms with Crippen LogP contribution in [-0.4, -0.2) is 17.3 Å². The van der Waals surface area contributed by atoms with Crippen molar-refractivity contribution in [2.75, 3.05) is 5.75 Å². The van der Waals surface area contributed by atoms with Crippen LogP contribution in [0.3, 0.4) is 0 Å². The second-order valence-corrected chi connectivity index (χ2v) is 6.31. The van der Waals surface area contributed by atoms with Gasteiger partial charge in [0.2, 0.25) is 0 Å². The van der Waals surface area contributed by atoms with Crippen LogP contribution < -0.4 is 5.48 Å². The Kier molecular flexibility index (Phi) is 5.23. The van der Waals surface area contributed by atoms with Gasteiger partial charge in [-0.15, -0.1) is 11.8 Å². The third-order valence-electron chi connectivity index (χ3n) is 2.17. The Hall–Kier alpha value is -1.00. The molecule has 1 amide bonds. The van der Waals surface area contributed by atoms with E-state index < -0.39 is 0 Å². The van der Waals surface area contributed by atoms with E-state index in [4.69, 9.17) is 4.84 Å². The third-order valence-corrected chi connectivity index (χ3v) is 3.33. The predicted octanol–water partition coefficient (Wildman–Crippen LogP) is 3.24. The maximum absolute atomic E-state index is 11.6. The van der Waals surface area contributed by atoms with Crippen LogP contribution in [0.2, 0.25) is 0 Å². The lowest BCUT2D eigenvalue weighted by atomic mass is 10.2. The van der Waals surface area contributed by atoms with Crippen molar-refractivity contribution in [2.24, 2.45) is 0 Å². The molecule has 0 bridgehead atoms. The van der Waals surface area contributed by atoms with E-state index in [1.165, 1.54) is 22.9 Å². The number of thioether (sulfide) groups is 1. The molecule has 0 aliphatic heterocycles. The van der Waals surface area contributed by atoms with Crippen molar-refractivity contribution in [3.05, 3.63) is 29.3 Å². The molecule has 0 saturated heterocycles. The molecule has 0 aromatic heterocycles. The fourth-order valence-electron chi connectivity index (χ4n) is 1.25. The third kappa shape index (κ3) is 5.56. The summed E-state index contributed by atoms with van der Waals surface area (Å²) < 4.78 is 0. The molecule has 0 aliphatic carbocycles. The van der Waals surface area contributed by atoms with Crippen LogP contribution in [-0.2, 0) is 9.63 Å². The molecule has 0 aliphatic rings. The van der Waals surface area contributed by atoms with Gasteiger partial charge in [-0.25, -0.2) is 5.48 Å². The van der Waals surface area contributed by atoms with E-state index in [1.807, 2.05) is 34.6 Å². The summed E-state index contributed by atoms with van der Waals surface area (Å²) in [4.78, 5) is 18.0.